The summed E-state index contributed by atoms with van der Waals surface area (Å²) in [5.74, 6) is -0.202. The van der Waals surface area contributed by atoms with Crippen molar-refractivity contribution in [1.29, 1.82) is 0 Å². The van der Waals surface area contributed by atoms with Crippen molar-refractivity contribution >= 4 is 13.7 Å². The predicted molar refractivity (Wildman–Crippen MR) is 330 cm³/mol. The van der Waals surface area contributed by atoms with Crippen molar-refractivity contribution in [3.05, 3.63) is 48.6 Å². The molecule has 0 aromatic rings. The normalized spacial score (nSPS) is 14.0. The Bertz CT molecular complexity index is 1380. The summed E-state index contributed by atoms with van der Waals surface area (Å²) >= 11 is 0. The number of unbranched alkanes of at least 4 members (excludes halogenated alkanes) is 42. The standard InChI is InChI=1S/C67H129N2O6P/c1-6-8-10-12-14-16-18-20-22-24-26-28-29-30-31-32-33-34-35-36-37-38-39-41-43-45-47-49-51-53-55-57-59-61-67(71)68-65(64-75-76(72,73)74-63-62-69(3,4)5)66(70)60-58-56-54-52-50-48-46-44-42-40-27-25-23-21-19-17-15-13-11-9-7-2/h18,20,24,26,50,52,58,60,65-66,70H,6-17,19,21-23,25,27-49,51,53-57,59,61-64H2,1-5H3,(H-,68,71,72,73)/b20-18-,26-24-,52-50+,60-58+. The maximum atomic E-state index is 13.0. The van der Waals surface area contributed by atoms with E-state index >= 15 is 0 Å². The maximum Gasteiger partial charge on any atom is 0.268 e. The Hall–Kier alpha value is -1.54. The number of phosphoric acid groups is 1. The van der Waals surface area contributed by atoms with Crippen LogP contribution >= 0.6 is 7.82 Å². The van der Waals surface area contributed by atoms with Gasteiger partial charge in [0, 0.05) is 6.42 Å². The molecule has 76 heavy (non-hydrogen) atoms. The number of hydrogen-bond acceptors (Lipinski definition) is 6. The Balaban J connectivity index is 4.07. The third-order valence-electron chi connectivity index (χ3n) is 15.0. The van der Waals surface area contributed by atoms with Crippen LogP contribution in [0.1, 0.15) is 322 Å². The van der Waals surface area contributed by atoms with Crippen LogP contribution in [0.2, 0.25) is 0 Å². The highest BCUT2D eigenvalue weighted by atomic mass is 31.2. The Kier molecular flexibility index (Phi) is 56.9. The van der Waals surface area contributed by atoms with E-state index in [9.17, 15) is 19.4 Å². The van der Waals surface area contributed by atoms with Crippen molar-refractivity contribution in [2.75, 3.05) is 40.9 Å². The first kappa shape index (κ1) is 74.5. The van der Waals surface area contributed by atoms with Gasteiger partial charge in [0.25, 0.3) is 7.82 Å². The monoisotopic (exact) mass is 1090 g/mol. The Morgan fingerprint density at radius 2 is 0.776 bits per heavy atom. The largest absolute Gasteiger partial charge is 0.756 e. The molecule has 0 spiro atoms. The summed E-state index contributed by atoms with van der Waals surface area (Å²) in [6, 6.07) is -0.903. The molecule has 0 fully saturated rings. The molecule has 0 bridgehead atoms. The number of carbonyl (C=O) groups is 1. The lowest BCUT2D eigenvalue weighted by Crippen LogP contribution is -2.45. The number of amides is 1. The number of quaternary nitrogens is 1. The first-order valence-electron chi connectivity index (χ1n) is 33.0. The van der Waals surface area contributed by atoms with Crippen molar-refractivity contribution in [3.8, 4) is 0 Å². The second-order valence-electron chi connectivity index (χ2n) is 23.8. The molecule has 3 unspecified atom stereocenters. The van der Waals surface area contributed by atoms with Crippen LogP contribution < -0.4 is 10.2 Å². The van der Waals surface area contributed by atoms with Gasteiger partial charge in [-0.15, -0.1) is 0 Å². The molecule has 9 heteroatoms. The molecule has 3 atom stereocenters. The summed E-state index contributed by atoms with van der Waals surface area (Å²) in [5, 5.41) is 13.9. The fourth-order valence-electron chi connectivity index (χ4n) is 9.85. The van der Waals surface area contributed by atoms with Crippen LogP contribution in [0.25, 0.3) is 0 Å². The maximum absolute atomic E-state index is 13.0. The number of carbonyl (C=O) groups excluding carboxylic acids is 1. The van der Waals surface area contributed by atoms with Crippen molar-refractivity contribution in [2.24, 2.45) is 0 Å². The van der Waals surface area contributed by atoms with Gasteiger partial charge in [0.2, 0.25) is 5.91 Å². The highest BCUT2D eigenvalue weighted by Crippen LogP contribution is 2.38. The Morgan fingerprint density at radius 3 is 1.14 bits per heavy atom. The quantitative estimate of drug-likeness (QED) is 0.0272. The first-order chi connectivity index (χ1) is 37.0. The Morgan fingerprint density at radius 1 is 0.461 bits per heavy atom. The zero-order chi connectivity index (χ0) is 55.6. The Labute approximate surface area is 473 Å². The molecule has 0 aliphatic rings. The smallest absolute Gasteiger partial charge is 0.268 e. The van der Waals surface area contributed by atoms with Gasteiger partial charge < -0.3 is 28.8 Å². The number of rotatable bonds is 61. The highest BCUT2D eigenvalue weighted by Gasteiger charge is 2.23. The molecule has 0 saturated heterocycles. The lowest BCUT2D eigenvalue weighted by molar-refractivity contribution is -0.870. The molecule has 2 N–H and O–H groups in total. The van der Waals surface area contributed by atoms with Crippen LogP contribution in [0.5, 0.6) is 0 Å². The van der Waals surface area contributed by atoms with Gasteiger partial charge in [0.1, 0.15) is 13.2 Å². The number of phosphoric ester groups is 1. The van der Waals surface area contributed by atoms with E-state index in [2.05, 4.69) is 55.6 Å². The summed E-state index contributed by atoms with van der Waals surface area (Å²) in [6.07, 6.45) is 78.0. The molecule has 0 aromatic carbocycles. The average Bonchev–Trinajstić information content (AvgIpc) is 3.38. The van der Waals surface area contributed by atoms with Gasteiger partial charge in [-0.05, 0) is 64.2 Å². The van der Waals surface area contributed by atoms with E-state index in [4.69, 9.17) is 9.05 Å². The van der Waals surface area contributed by atoms with Crippen molar-refractivity contribution in [1.82, 2.24) is 5.32 Å². The molecule has 1 amide bonds. The van der Waals surface area contributed by atoms with E-state index < -0.39 is 20.0 Å². The first-order valence-corrected chi connectivity index (χ1v) is 34.5. The van der Waals surface area contributed by atoms with Crippen LogP contribution in [0, 0.1) is 0 Å². The molecule has 0 heterocycles. The summed E-state index contributed by atoms with van der Waals surface area (Å²) in [6.45, 7) is 4.66. The molecule has 0 aliphatic carbocycles. The molecule has 0 saturated carbocycles. The highest BCUT2D eigenvalue weighted by molar-refractivity contribution is 7.45. The number of nitrogens with one attached hydrogen (secondary N) is 1. The van der Waals surface area contributed by atoms with Gasteiger partial charge in [-0.3, -0.25) is 9.36 Å². The van der Waals surface area contributed by atoms with Gasteiger partial charge >= 0.3 is 0 Å². The fourth-order valence-corrected chi connectivity index (χ4v) is 10.6. The molecule has 0 aromatic heterocycles. The van der Waals surface area contributed by atoms with Gasteiger partial charge in [-0.2, -0.15) is 0 Å². The van der Waals surface area contributed by atoms with Crippen LogP contribution in [0.4, 0.5) is 0 Å². The molecule has 0 radical (unpaired) electrons. The molecule has 448 valence electrons. The van der Waals surface area contributed by atoms with E-state index in [-0.39, 0.29) is 19.1 Å². The molecule has 8 nitrogen and oxygen atoms in total. The lowest BCUT2D eigenvalue weighted by Gasteiger charge is -2.29. The van der Waals surface area contributed by atoms with Crippen molar-refractivity contribution in [3.63, 3.8) is 0 Å². The van der Waals surface area contributed by atoms with Crippen molar-refractivity contribution < 1.29 is 32.9 Å². The van der Waals surface area contributed by atoms with Crippen LogP contribution in [-0.4, -0.2) is 68.5 Å². The molecule has 0 rings (SSSR count). The number of likely N-dealkylation sites (N-methyl/N-ethyl adjacent to an activating group) is 1. The zero-order valence-electron chi connectivity index (χ0n) is 51.2. The molecule has 0 aliphatic heterocycles. The zero-order valence-corrected chi connectivity index (χ0v) is 52.1. The van der Waals surface area contributed by atoms with Gasteiger partial charge in [0.05, 0.1) is 39.9 Å². The van der Waals surface area contributed by atoms with E-state index in [1.807, 2.05) is 27.2 Å². The summed E-state index contributed by atoms with van der Waals surface area (Å²) < 4.78 is 23.4. The minimum Gasteiger partial charge on any atom is -0.756 e. The summed E-state index contributed by atoms with van der Waals surface area (Å²) in [4.78, 5) is 25.6. The summed E-state index contributed by atoms with van der Waals surface area (Å²) in [7, 11) is 1.26. The minimum absolute atomic E-state index is 0.00527. The van der Waals surface area contributed by atoms with E-state index in [1.54, 1.807) is 6.08 Å². The SMILES string of the molecule is CCCCCCC/C=C\C/C=C\CCCCCCCCCCCCCCCCCCCCCCCC(=O)NC(COP(=O)([O-])OCC[N+](C)(C)C)C(O)/C=C/CC/C=C/CCCCCCCCCCCCCCCCC. The number of allylic oxidation sites excluding steroid dienone is 7. The average molecular weight is 1090 g/mol. The summed E-state index contributed by atoms with van der Waals surface area (Å²) in [5.41, 5.74) is 0. The third kappa shape index (κ3) is 60.1. The van der Waals surface area contributed by atoms with E-state index in [1.165, 1.54) is 257 Å². The molecular weight excluding hydrogens is 960 g/mol. The number of nitrogens with zero attached hydrogens (tertiary/aromatic N) is 1. The topological polar surface area (TPSA) is 108 Å². The van der Waals surface area contributed by atoms with Gasteiger partial charge in [0.15, 0.2) is 0 Å². The lowest BCUT2D eigenvalue weighted by atomic mass is 10.0. The number of aliphatic hydroxyl groups is 1. The van der Waals surface area contributed by atoms with Gasteiger partial charge in [-0.25, -0.2) is 0 Å². The second kappa shape index (κ2) is 58.1. The minimum atomic E-state index is -4.61. The molecular formula is C67H129N2O6P. The second-order valence-corrected chi connectivity index (χ2v) is 25.2. The van der Waals surface area contributed by atoms with Crippen LogP contribution in [0.15, 0.2) is 48.6 Å². The van der Waals surface area contributed by atoms with E-state index in [0.717, 1.165) is 44.9 Å². The fraction of sp³-hybridized carbons (Fsp3) is 0.866. The van der Waals surface area contributed by atoms with Crippen LogP contribution in [-0.2, 0) is 18.4 Å². The van der Waals surface area contributed by atoms with E-state index in [0.29, 0.717) is 17.4 Å². The number of hydrogen-bond donors (Lipinski definition) is 2. The van der Waals surface area contributed by atoms with Crippen LogP contribution in [0.3, 0.4) is 0 Å². The van der Waals surface area contributed by atoms with Gasteiger partial charge in [-0.1, -0.05) is 300 Å². The number of aliphatic hydroxyl groups excluding tert-OH is 1. The van der Waals surface area contributed by atoms with Crippen molar-refractivity contribution in [2.45, 2.75) is 334 Å². The third-order valence-corrected chi connectivity index (χ3v) is 16.0. The predicted octanol–water partition coefficient (Wildman–Crippen LogP) is 20.0.